The minimum absolute atomic E-state index is 0.00175. The number of hydrogen-bond donors (Lipinski definition) is 1. The smallest absolute Gasteiger partial charge is 0.337 e. The first kappa shape index (κ1) is 16.7. The van der Waals surface area contributed by atoms with Crippen molar-refractivity contribution >= 4 is 11.9 Å². The van der Waals surface area contributed by atoms with Crippen molar-refractivity contribution in [1.82, 2.24) is 0 Å². The van der Waals surface area contributed by atoms with Gasteiger partial charge in [-0.05, 0) is 43.9 Å². The van der Waals surface area contributed by atoms with Gasteiger partial charge >= 0.3 is 11.9 Å². The van der Waals surface area contributed by atoms with Crippen LogP contribution in [-0.4, -0.2) is 41.6 Å². The highest BCUT2D eigenvalue weighted by Gasteiger charge is 2.51. The van der Waals surface area contributed by atoms with Gasteiger partial charge in [0.2, 0.25) is 6.29 Å². The summed E-state index contributed by atoms with van der Waals surface area (Å²) in [6.45, 7) is 3.58. The van der Waals surface area contributed by atoms with E-state index in [1.807, 2.05) is 6.92 Å². The van der Waals surface area contributed by atoms with E-state index in [9.17, 15) is 14.7 Å². The lowest BCUT2D eigenvalue weighted by atomic mass is 9.67. The lowest BCUT2D eigenvalue weighted by molar-refractivity contribution is -0.224. The fourth-order valence-electron chi connectivity index (χ4n) is 4.22. The molecule has 0 aromatic heterocycles. The van der Waals surface area contributed by atoms with Gasteiger partial charge in [-0.15, -0.1) is 0 Å². The molecule has 4 aliphatic rings. The SMILES string of the molecule is CCC(OC(=O)C(O)CC)OC1C2CC3CC(C2)C(=O)OC1C3. The molecule has 7 unspecified atom stereocenters. The summed E-state index contributed by atoms with van der Waals surface area (Å²) in [6.07, 6.45) is 2.17. The fraction of sp³-hybridized carbons (Fsp3) is 0.882. The fourth-order valence-corrected chi connectivity index (χ4v) is 4.22. The Morgan fingerprint density at radius 1 is 1.26 bits per heavy atom. The van der Waals surface area contributed by atoms with Gasteiger partial charge in [0.05, 0.1) is 5.92 Å². The standard InChI is InChI=1S/C17H26O6/c1-3-12(18)17(20)23-14(4-2)22-15-10-5-9-6-11(8-10)16(19)21-13(15)7-9/h9-15,18H,3-8H2,1-2H3. The molecule has 0 spiro atoms. The Balaban J connectivity index is 1.66. The summed E-state index contributed by atoms with van der Waals surface area (Å²) < 4.78 is 16.9. The normalized spacial score (nSPS) is 37.9. The number of ether oxygens (including phenoxy) is 3. The van der Waals surface area contributed by atoms with Crippen LogP contribution in [0.2, 0.25) is 0 Å². The molecule has 6 heteroatoms. The summed E-state index contributed by atoms with van der Waals surface area (Å²) in [6, 6.07) is 0. The molecule has 6 nitrogen and oxygen atoms in total. The number of aliphatic hydroxyl groups is 1. The number of aliphatic hydroxyl groups excluding tert-OH is 1. The highest BCUT2D eigenvalue weighted by Crippen LogP contribution is 2.48. The number of hydrogen-bond acceptors (Lipinski definition) is 6. The molecule has 2 saturated heterocycles. The Kier molecular flexibility index (Phi) is 4.92. The molecule has 0 amide bonds. The van der Waals surface area contributed by atoms with E-state index < -0.39 is 18.4 Å². The van der Waals surface area contributed by atoms with Crippen LogP contribution in [-0.2, 0) is 23.8 Å². The van der Waals surface area contributed by atoms with E-state index in [-0.39, 0.29) is 30.0 Å². The summed E-state index contributed by atoms with van der Waals surface area (Å²) in [5.74, 6) is 0.0759. The molecule has 0 aromatic carbocycles. The molecule has 4 rings (SSSR count). The van der Waals surface area contributed by atoms with Crippen molar-refractivity contribution in [1.29, 1.82) is 0 Å². The van der Waals surface area contributed by atoms with Crippen LogP contribution in [0.1, 0.15) is 52.4 Å². The second-order valence-corrected chi connectivity index (χ2v) is 7.04. The topological polar surface area (TPSA) is 82.1 Å². The third-order valence-corrected chi connectivity index (χ3v) is 5.39. The van der Waals surface area contributed by atoms with Gasteiger partial charge in [0.15, 0.2) is 6.10 Å². The van der Waals surface area contributed by atoms with Crippen LogP contribution in [0.4, 0.5) is 0 Å². The first-order valence-corrected chi connectivity index (χ1v) is 8.76. The second kappa shape index (κ2) is 6.77. The van der Waals surface area contributed by atoms with Gasteiger partial charge < -0.3 is 19.3 Å². The monoisotopic (exact) mass is 326 g/mol. The Morgan fingerprint density at radius 3 is 2.74 bits per heavy atom. The molecule has 23 heavy (non-hydrogen) atoms. The highest BCUT2D eigenvalue weighted by molar-refractivity contribution is 5.74. The zero-order valence-electron chi connectivity index (χ0n) is 13.8. The quantitative estimate of drug-likeness (QED) is 0.592. The van der Waals surface area contributed by atoms with Crippen LogP contribution in [0.25, 0.3) is 0 Å². The van der Waals surface area contributed by atoms with Crippen molar-refractivity contribution in [2.75, 3.05) is 0 Å². The van der Waals surface area contributed by atoms with Crippen LogP contribution in [0, 0.1) is 17.8 Å². The first-order chi connectivity index (χ1) is 11.0. The third-order valence-electron chi connectivity index (χ3n) is 5.39. The molecular weight excluding hydrogens is 300 g/mol. The van der Waals surface area contributed by atoms with Gasteiger partial charge in [-0.2, -0.15) is 0 Å². The van der Waals surface area contributed by atoms with Crippen molar-refractivity contribution in [2.24, 2.45) is 17.8 Å². The van der Waals surface area contributed by atoms with Gasteiger partial charge in [0, 0.05) is 6.42 Å². The predicted molar refractivity (Wildman–Crippen MR) is 80.2 cm³/mol. The summed E-state index contributed by atoms with van der Waals surface area (Å²) in [7, 11) is 0. The molecule has 0 radical (unpaired) electrons. The molecule has 2 saturated carbocycles. The van der Waals surface area contributed by atoms with Crippen molar-refractivity contribution in [3.05, 3.63) is 0 Å². The van der Waals surface area contributed by atoms with Crippen LogP contribution in [0.5, 0.6) is 0 Å². The van der Waals surface area contributed by atoms with Crippen LogP contribution in [0.15, 0.2) is 0 Å². The van der Waals surface area contributed by atoms with Crippen molar-refractivity contribution in [3.8, 4) is 0 Å². The molecule has 2 aliphatic heterocycles. The zero-order chi connectivity index (χ0) is 16.6. The van der Waals surface area contributed by atoms with E-state index in [1.165, 1.54) is 0 Å². The molecule has 1 N–H and O–H groups in total. The lowest BCUT2D eigenvalue weighted by Gasteiger charge is -2.42. The van der Waals surface area contributed by atoms with Gasteiger partial charge in [-0.1, -0.05) is 13.8 Å². The molecular formula is C17H26O6. The van der Waals surface area contributed by atoms with Crippen LogP contribution < -0.4 is 0 Å². The number of esters is 2. The van der Waals surface area contributed by atoms with E-state index in [2.05, 4.69) is 0 Å². The van der Waals surface area contributed by atoms with Gasteiger partial charge in [-0.3, -0.25) is 4.79 Å². The Bertz CT molecular complexity index is 464. The average molecular weight is 326 g/mol. The summed E-state index contributed by atoms with van der Waals surface area (Å²) in [4.78, 5) is 23.8. The minimum Gasteiger partial charge on any atom is -0.459 e. The number of fused-ring (bicyclic) bond motifs is 1. The van der Waals surface area contributed by atoms with Gasteiger partial charge in [0.1, 0.15) is 12.2 Å². The zero-order valence-corrected chi connectivity index (χ0v) is 13.8. The van der Waals surface area contributed by atoms with E-state index in [4.69, 9.17) is 14.2 Å². The third kappa shape index (κ3) is 3.38. The van der Waals surface area contributed by atoms with Crippen molar-refractivity contribution < 1.29 is 28.9 Å². The molecule has 2 aliphatic carbocycles. The molecule has 0 aromatic rings. The maximum atomic E-state index is 12.1. The maximum absolute atomic E-state index is 12.1. The predicted octanol–water partition coefficient (Wildman–Crippen LogP) is 1.78. The minimum atomic E-state index is -1.12. The van der Waals surface area contributed by atoms with Crippen molar-refractivity contribution in [3.63, 3.8) is 0 Å². The van der Waals surface area contributed by atoms with Crippen molar-refractivity contribution in [2.45, 2.75) is 77.0 Å². The molecule has 2 heterocycles. The molecule has 4 fully saturated rings. The Labute approximate surface area is 136 Å². The number of carbonyl (C=O) groups is 2. The molecule has 4 bridgehead atoms. The number of carbonyl (C=O) groups excluding carboxylic acids is 2. The van der Waals surface area contributed by atoms with Gasteiger partial charge in [0.25, 0.3) is 0 Å². The Hall–Kier alpha value is -1.14. The van der Waals surface area contributed by atoms with E-state index in [0.717, 1.165) is 25.7 Å². The number of rotatable bonds is 6. The maximum Gasteiger partial charge on any atom is 0.337 e. The molecule has 130 valence electrons. The summed E-state index contributed by atoms with van der Waals surface area (Å²) >= 11 is 0. The highest BCUT2D eigenvalue weighted by atomic mass is 16.7. The second-order valence-electron chi connectivity index (χ2n) is 7.04. The van der Waals surface area contributed by atoms with E-state index >= 15 is 0 Å². The first-order valence-electron chi connectivity index (χ1n) is 8.76. The van der Waals surface area contributed by atoms with Crippen LogP contribution >= 0.6 is 0 Å². The van der Waals surface area contributed by atoms with E-state index in [1.54, 1.807) is 6.92 Å². The van der Waals surface area contributed by atoms with E-state index in [0.29, 0.717) is 18.8 Å². The lowest BCUT2D eigenvalue weighted by Crippen LogP contribution is -2.46. The molecule has 7 atom stereocenters. The van der Waals surface area contributed by atoms with Crippen LogP contribution in [0.3, 0.4) is 0 Å². The Morgan fingerprint density at radius 2 is 2.04 bits per heavy atom. The summed E-state index contributed by atoms with van der Waals surface area (Å²) in [5.41, 5.74) is 0. The largest absolute Gasteiger partial charge is 0.459 e. The average Bonchev–Trinajstić information content (AvgIpc) is 2.70. The van der Waals surface area contributed by atoms with Gasteiger partial charge in [-0.25, -0.2) is 4.79 Å². The summed E-state index contributed by atoms with van der Waals surface area (Å²) in [5, 5.41) is 9.56.